The van der Waals surface area contributed by atoms with Crippen molar-refractivity contribution in [2.45, 2.75) is 0 Å². The molecule has 0 N–H and O–H groups in total. The van der Waals surface area contributed by atoms with Crippen LogP contribution >= 0.6 is 22.9 Å². The SMILES string of the molecule is Cn1c(=O)c2c(nc3n(-c4ccc(Cl)cc4)c(-c4cccs4)cn23)n(C)c1=O. The number of nitrogens with zero attached hydrogens (tertiary/aromatic N) is 5. The maximum Gasteiger partial charge on any atom is 0.332 e. The predicted octanol–water partition coefficient (Wildman–Crippen LogP) is 3.06. The summed E-state index contributed by atoms with van der Waals surface area (Å²) in [6.45, 7) is 0. The Hall–Kier alpha value is -3.10. The number of hydrogen-bond donors (Lipinski definition) is 0. The van der Waals surface area contributed by atoms with Crippen LogP contribution in [0, 0.1) is 0 Å². The molecule has 5 aromatic rings. The van der Waals surface area contributed by atoms with Crippen molar-refractivity contribution in [2.24, 2.45) is 14.1 Å². The number of halogens is 1. The Morgan fingerprint density at radius 3 is 2.46 bits per heavy atom. The molecule has 0 aliphatic heterocycles. The molecule has 0 bridgehead atoms. The van der Waals surface area contributed by atoms with Gasteiger partial charge in [-0.1, -0.05) is 17.7 Å². The smallest absolute Gasteiger partial charge is 0.279 e. The number of aryl methyl sites for hydroxylation is 1. The van der Waals surface area contributed by atoms with Crippen LogP contribution in [-0.2, 0) is 14.1 Å². The van der Waals surface area contributed by atoms with E-state index >= 15 is 0 Å². The van der Waals surface area contributed by atoms with Crippen molar-refractivity contribution in [2.75, 3.05) is 0 Å². The van der Waals surface area contributed by atoms with Gasteiger partial charge in [-0.3, -0.25) is 22.9 Å². The van der Waals surface area contributed by atoms with E-state index in [0.717, 1.165) is 20.8 Å². The summed E-state index contributed by atoms with van der Waals surface area (Å²) in [5.74, 6) is 0.555. The third-order valence-corrected chi connectivity index (χ3v) is 5.97. The van der Waals surface area contributed by atoms with Crippen LogP contribution in [0.3, 0.4) is 0 Å². The second kappa shape index (κ2) is 5.95. The topological polar surface area (TPSA) is 66.2 Å². The van der Waals surface area contributed by atoms with E-state index < -0.39 is 5.69 Å². The molecule has 0 atom stereocenters. The Bertz CT molecular complexity index is 1470. The molecule has 140 valence electrons. The molecule has 1 aromatic carbocycles. The quantitative estimate of drug-likeness (QED) is 0.448. The highest BCUT2D eigenvalue weighted by atomic mass is 35.5. The number of hydrogen-bond acceptors (Lipinski definition) is 4. The minimum absolute atomic E-state index is 0.351. The Kier molecular flexibility index (Phi) is 3.62. The Morgan fingerprint density at radius 2 is 1.79 bits per heavy atom. The van der Waals surface area contributed by atoms with Crippen LogP contribution in [0.4, 0.5) is 0 Å². The van der Waals surface area contributed by atoms with Gasteiger partial charge in [0.25, 0.3) is 5.56 Å². The zero-order chi connectivity index (χ0) is 19.6. The summed E-state index contributed by atoms with van der Waals surface area (Å²) in [5.41, 5.74) is 1.69. The largest absolute Gasteiger partial charge is 0.332 e. The highest BCUT2D eigenvalue weighted by Gasteiger charge is 2.21. The normalized spacial score (nSPS) is 11.7. The van der Waals surface area contributed by atoms with Crippen LogP contribution in [0.15, 0.2) is 57.6 Å². The van der Waals surface area contributed by atoms with Crippen LogP contribution in [0.5, 0.6) is 0 Å². The first-order chi connectivity index (χ1) is 13.5. The molecule has 4 aromatic heterocycles. The summed E-state index contributed by atoms with van der Waals surface area (Å²) >= 11 is 7.66. The number of imidazole rings is 2. The lowest BCUT2D eigenvalue weighted by molar-refractivity contribution is 0.708. The molecule has 0 unspecified atom stereocenters. The molecule has 4 heterocycles. The monoisotopic (exact) mass is 411 g/mol. The van der Waals surface area contributed by atoms with Gasteiger partial charge in [0, 0.05) is 31.0 Å². The van der Waals surface area contributed by atoms with Gasteiger partial charge >= 0.3 is 5.69 Å². The highest BCUT2D eigenvalue weighted by Crippen LogP contribution is 2.31. The Morgan fingerprint density at radius 1 is 1.04 bits per heavy atom. The van der Waals surface area contributed by atoms with E-state index in [9.17, 15) is 9.59 Å². The molecule has 28 heavy (non-hydrogen) atoms. The number of fused-ring (bicyclic) bond motifs is 3. The van der Waals surface area contributed by atoms with E-state index in [0.29, 0.717) is 22.0 Å². The first-order valence-electron chi connectivity index (χ1n) is 8.46. The zero-order valence-corrected chi connectivity index (χ0v) is 16.5. The van der Waals surface area contributed by atoms with Gasteiger partial charge in [0.2, 0.25) is 5.78 Å². The van der Waals surface area contributed by atoms with Gasteiger partial charge in [0.1, 0.15) is 0 Å². The maximum absolute atomic E-state index is 12.8. The molecule has 0 fully saturated rings. The predicted molar refractivity (Wildman–Crippen MR) is 111 cm³/mol. The van der Waals surface area contributed by atoms with Gasteiger partial charge in [-0.25, -0.2) is 4.79 Å². The van der Waals surface area contributed by atoms with Crippen molar-refractivity contribution < 1.29 is 0 Å². The summed E-state index contributed by atoms with van der Waals surface area (Å²) < 4.78 is 6.20. The van der Waals surface area contributed by atoms with Crippen LogP contribution in [0.25, 0.3) is 33.2 Å². The van der Waals surface area contributed by atoms with Gasteiger partial charge in [-0.05, 0) is 35.7 Å². The van der Waals surface area contributed by atoms with Gasteiger partial charge in [-0.15, -0.1) is 11.3 Å². The van der Waals surface area contributed by atoms with Crippen molar-refractivity contribution >= 4 is 39.9 Å². The maximum atomic E-state index is 12.8. The molecule has 7 nitrogen and oxygen atoms in total. The fraction of sp³-hybridized carbons (Fsp3) is 0.105. The summed E-state index contributed by atoms with van der Waals surface area (Å²) in [6.07, 6.45) is 1.89. The number of benzene rings is 1. The third kappa shape index (κ3) is 2.25. The minimum atomic E-state index is -0.408. The molecule has 5 rings (SSSR count). The molecule has 0 amide bonds. The molecular formula is C19H14ClN5O2S. The molecular weight excluding hydrogens is 398 g/mol. The lowest BCUT2D eigenvalue weighted by Crippen LogP contribution is -2.37. The molecule has 9 heteroatoms. The van der Waals surface area contributed by atoms with Gasteiger partial charge in [0.15, 0.2) is 11.2 Å². The van der Waals surface area contributed by atoms with E-state index in [1.54, 1.807) is 22.8 Å². The van der Waals surface area contributed by atoms with E-state index in [1.807, 2.05) is 52.5 Å². The molecule has 0 saturated heterocycles. The number of aromatic nitrogens is 5. The highest BCUT2D eigenvalue weighted by molar-refractivity contribution is 7.13. The fourth-order valence-electron chi connectivity index (χ4n) is 3.41. The lowest BCUT2D eigenvalue weighted by Gasteiger charge is -2.07. The van der Waals surface area contributed by atoms with Crippen molar-refractivity contribution in [1.29, 1.82) is 0 Å². The molecule has 0 spiro atoms. The summed E-state index contributed by atoms with van der Waals surface area (Å²) in [4.78, 5) is 30.8. The van der Waals surface area contributed by atoms with E-state index in [1.165, 1.54) is 11.6 Å². The lowest BCUT2D eigenvalue weighted by atomic mass is 10.3. The number of rotatable bonds is 2. The molecule has 0 aliphatic carbocycles. The van der Waals surface area contributed by atoms with Crippen LogP contribution < -0.4 is 11.2 Å². The van der Waals surface area contributed by atoms with E-state index in [2.05, 4.69) is 4.98 Å². The first-order valence-corrected chi connectivity index (χ1v) is 9.72. The molecule has 0 aliphatic rings. The summed E-state index contributed by atoms with van der Waals surface area (Å²) in [6, 6.07) is 11.4. The van der Waals surface area contributed by atoms with E-state index in [4.69, 9.17) is 11.6 Å². The van der Waals surface area contributed by atoms with Crippen molar-refractivity contribution in [3.8, 4) is 16.3 Å². The van der Waals surface area contributed by atoms with E-state index in [-0.39, 0.29) is 5.56 Å². The average molecular weight is 412 g/mol. The fourth-order valence-corrected chi connectivity index (χ4v) is 4.27. The van der Waals surface area contributed by atoms with Crippen molar-refractivity contribution in [3.05, 3.63) is 73.8 Å². The van der Waals surface area contributed by atoms with Crippen LogP contribution in [0.2, 0.25) is 5.02 Å². The van der Waals surface area contributed by atoms with Crippen molar-refractivity contribution in [3.63, 3.8) is 0 Å². The van der Waals surface area contributed by atoms with Gasteiger partial charge in [0.05, 0.1) is 10.6 Å². The van der Waals surface area contributed by atoms with Crippen LogP contribution in [0.1, 0.15) is 0 Å². The van der Waals surface area contributed by atoms with Gasteiger partial charge < -0.3 is 0 Å². The standard InChI is InChI=1S/C19H14ClN5O2S/c1-22-16-15(17(26)23(2)19(22)27)24-10-13(14-4-3-9-28-14)25(18(24)21-16)12-7-5-11(20)6-8-12/h3-10H,1-2H3. The molecule has 0 radical (unpaired) electrons. The Balaban J connectivity index is 1.98. The third-order valence-electron chi connectivity index (χ3n) is 4.82. The summed E-state index contributed by atoms with van der Waals surface area (Å²) in [5, 5.41) is 2.63. The molecule has 0 saturated carbocycles. The Labute approximate surface area is 167 Å². The zero-order valence-electron chi connectivity index (χ0n) is 15.0. The average Bonchev–Trinajstić information content (AvgIpc) is 3.40. The summed E-state index contributed by atoms with van der Waals surface area (Å²) in [7, 11) is 3.09. The first kappa shape index (κ1) is 17.0. The second-order valence-corrected chi connectivity index (χ2v) is 7.85. The minimum Gasteiger partial charge on any atom is -0.279 e. The second-order valence-electron chi connectivity index (χ2n) is 6.46. The van der Waals surface area contributed by atoms with Gasteiger partial charge in [-0.2, -0.15) is 4.98 Å². The number of thiophene rings is 1. The van der Waals surface area contributed by atoms with Crippen molar-refractivity contribution in [1.82, 2.24) is 23.1 Å². The van der Waals surface area contributed by atoms with Crippen LogP contribution in [-0.4, -0.2) is 23.1 Å².